The van der Waals surface area contributed by atoms with Gasteiger partial charge < -0.3 is 11.1 Å². The number of amides is 3. The van der Waals surface area contributed by atoms with E-state index in [1.165, 1.54) is 15.3 Å². The highest BCUT2D eigenvalue weighted by Crippen LogP contribution is 2.19. The molecular weight excluding hydrogens is 226 g/mol. The molecule has 16 heavy (non-hydrogen) atoms. The van der Waals surface area contributed by atoms with E-state index in [4.69, 9.17) is 5.73 Å². The molecule has 1 aromatic heterocycles. The van der Waals surface area contributed by atoms with Crippen LogP contribution in [0.1, 0.15) is 15.3 Å². The number of hydrogen-bond acceptors (Lipinski definition) is 4. The first-order chi connectivity index (χ1) is 7.49. The van der Waals surface area contributed by atoms with Crippen molar-refractivity contribution in [1.29, 1.82) is 0 Å². The number of carbonyl (C=O) groups is 2. The molecule has 4 N–H and O–H groups in total. The Morgan fingerprint density at radius 3 is 2.62 bits per heavy atom. The molecule has 3 amide bonds. The normalized spacial score (nSPS) is 10.1. The van der Waals surface area contributed by atoms with Crippen molar-refractivity contribution in [3.8, 4) is 0 Å². The summed E-state index contributed by atoms with van der Waals surface area (Å²) >= 11 is 1.69. The Balaban J connectivity index is 2.30. The molecule has 0 unspecified atom stereocenters. The van der Waals surface area contributed by atoms with Crippen LogP contribution in [0.25, 0.3) is 0 Å². The number of thiophene rings is 1. The van der Waals surface area contributed by atoms with E-state index < -0.39 is 11.9 Å². The molecule has 0 radical (unpaired) electrons. The number of primary amides is 1. The number of nitrogens with two attached hydrogens (primary N) is 1. The standard InChI is InChI=1S/C10H15N3O2S/c1-6-3-8(16-7(6)2)4-12-5-9(14)13-10(11)15/h3,12H,4-5H2,1-2H3,(H3,11,13,14,15). The number of nitrogens with one attached hydrogen (secondary N) is 2. The largest absolute Gasteiger partial charge is 0.351 e. The molecule has 0 spiro atoms. The van der Waals surface area contributed by atoms with Crippen molar-refractivity contribution in [1.82, 2.24) is 10.6 Å². The molecule has 0 aliphatic heterocycles. The van der Waals surface area contributed by atoms with Crippen LogP contribution in [-0.4, -0.2) is 18.5 Å². The van der Waals surface area contributed by atoms with E-state index in [0.717, 1.165) is 0 Å². The van der Waals surface area contributed by atoms with Crippen LogP contribution in [0, 0.1) is 13.8 Å². The average Bonchev–Trinajstić information content (AvgIpc) is 2.44. The SMILES string of the molecule is Cc1cc(CNCC(=O)NC(N)=O)sc1C. The number of rotatable bonds is 4. The van der Waals surface area contributed by atoms with Gasteiger partial charge in [0.1, 0.15) is 0 Å². The van der Waals surface area contributed by atoms with Gasteiger partial charge in [0, 0.05) is 16.3 Å². The lowest BCUT2D eigenvalue weighted by Crippen LogP contribution is -2.40. The molecule has 1 rings (SSSR count). The topological polar surface area (TPSA) is 84.2 Å². The summed E-state index contributed by atoms with van der Waals surface area (Å²) in [4.78, 5) is 23.8. The molecule has 0 aromatic carbocycles. The lowest BCUT2D eigenvalue weighted by atomic mass is 10.3. The molecule has 88 valence electrons. The fourth-order valence-electron chi connectivity index (χ4n) is 1.22. The Morgan fingerprint density at radius 1 is 1.44 bits per heavy atom. The van der Waals surface area contributed by atoms with E-state index in [1.807, 2.05) is 5.32 Å². The van der Waals surface area contributed by atoms with E-state index >= 15 is 0 Å². The van der Waals surface area contributed by atoms with Gasteiger partial charge in [-0.25, -0.2) is 4.79 Å². The van der Waals surface area contributed by atoms with Crippen molar-refractivity contribution >= 4 is 23.3 Å². The minimum atomic E-state index is -0.824. The second-order valence-electron chi connectivity index (χ2n) is 3.47. The maximum Gasteiger partial charge on any atom is 0.318 e. The first-order valence-electron chi connectivity index (χ1n) is 4.85. The zero-order chi connectivity index (χ0) is 12.1. The smallest absolute Gasteiger partial charge is 0.318 e. The van der Waals surface area contributed by atoms with Crippen LogP contribution in [0.3, 0.4) is 0 Å². The van der Waals surface area contributed by atoms with Crippen molar-refractivity contribution in [2.45, 2.75) is 20.4 Å². The summed E-state index contributed by atoms with van der Waals surface area (Å²) in [6, 6.07) is 1.26. The van der Waals surface area contributed by atoms with Crippen LogP contribution in [0.15, 0.2) is 6.07 Å². The highest BCUT2D eigenvalue weighted by atomic mass is 32.1. The second-order valence-corrected chi connectivity index (χ2v) is 4.81. The van der Waals surface area contributed by atoms with Gasteiger partial charge in [-0.3, -0.25) is 10.1 Å². The van der Waals surface area contributed by atoms with E-state index in [-0.39, 0.29) is 6.54 Å². The molecule has 1 aromatic rings. The van der Waals surface area contributed by atoms with Crippen molar-refractivity contribution in [2.75, 3.05) is 6.54 Å². The molecular formula is C10H15N3O2S. The molecule has 5 nitrogen and oxygen atoms in total. The molecule has 0 fully saturated rings. The number of aryl methyl sites for hydroxylation is 2. The maximum atomic E-state index is 11.0. The Morgan fingerprint density at radius 2 is 2.12 bits per heavy atom. The molecule has 0 atom stereocenters. The molecule has 0 saturated heterocycles. The summed E-state index contributed by atoms with van der Waals surface area (Å²) < 4.78 is 0. The third-order valence-corrected chi connectivity index (χ3v) is 3.22. The molecule has 0 saturated carbocycles. The highest BCUT2D eigenvalue weighted by molar-refractivity contribution is 7.12. The third-order valence-electron chi connectivity index (χ3n) is 2.06. The lowest BCUT2D eigenvalue weighted by molar-refractivity contribution is -0.119. The summed E-state index contributed by atoms with van der Waals surface area (Å²) in [5, 5.41) is 4.92. The highest BCUT2D eigenvalue weighted by Gasteiger charge is 2.04. The van der Waals surface area contributed by atoms with E-state index in [0.29, 0.717) is 6.54 Å². The summed E-state index contributed by atoms with van der Waals surface area (Å²) in [5.41, 5.74) is 6.06. The van der Waals surface area contributed by atoms with Gasteiger partial charge in [-0.15, -0.1) is 11.3 Å². The monoisotopic (exact) mass is 241 g/mol. The quantitative estimate of drug-likeness (QED) is 0.723. The predicted molar refractivity (Wildman–Crippen MR) is 63.2 cm³/mol. The minimum Gasteiger partial charge on any atom is -0.351 e. The van der Waals surface area contributed by atoms with Crippen molar-refractivity contribution < 1.29 is 9.59 Å². The van der Waals surface area contributed by atoms with Crippen LogP contribution in [0.2, 0.25) is 0 Å². The molecule has 1 heterocycles. The molecule has 0 bridgehead atoms. The van der Waals surface area contributed by atoms with Gasteiger partial charge in [0.15, 0.2) is 0 Å². The average molecular weight is 241 g/mol. The zero-order valence-electron chi connectivity index (χ0n) is 9.29. The molecule has 0 aliphatic rings. The number of carbonyl (C=O) groups excluding carboxylic acids is 2. The third kappa shape index (κ3) is 4.00. The predicted octanol–water partition coefficient (Wildman–Crippen LogP) is 0.649. The maximum absolute atomic E-state index is 11.0. The van der Waals surface area contributed by atoms with Gasteiger partial charge >= 0.3 is 6.03 Å². The van der Waals surface area contributed by atoms with Crippen molar-refractivity contribution in [2.24, 2.45) is 5.73 Å². The zero-order valence-corrected chi connectivity index (χ0v) is 10.1. The minimum absolute atomic E-state index is 0.0823. The van der Waals surface area contributed by atoms with Gasteiger partial charge in [-0.05, 0) is 25.5 Å². The molecule has 6 heteroatoms. The second kappa shape index (κ2) is 5.62. The number of hydrogen-bond donors (Lipinski definition) is 3. The first-order valence-corrected chi connectivity index (χ1v) is 5.66. The van der Waals surface area contributed by atoms with Gasteiger partial charge in [0.25, 0.3) is 0 Å². The fraction of sp³-hybridized carbons (Fsp3) is 0.400. The van der Waals surface area contributed by atoms with Gasteiger partial charge in [-0.2, -0.15) is 0 Å². The van der Waals surface area contributed by atoms with Crippen LogP contribution in [0.5, 0.6) is 0 Å². The van der Waals surface area contributed by atoms with E-state index in [9.17, 15) is 9.59 Å². The van der Waals surface area contributed by atoms with Crippen LogP contribution in [0.4, 0.5) is 4.79 Å². The van der Waals surface area contributed by atoms with Crippen LogP contribution >= 0.6 is 11.3 Å². The van der Waals surface area contributed by atoms with Gasteiger partial charge in [0.2, 0.25) is 5.91 Å². The summed E-state index contributed by atoms with van der Waals surface area (Å²) in [6.45, 7) is 4.81. The number of imide groups is 1. The summed E-state index contributed by atoms with van der Waals surface area (Å²) in [5.74, 6) is -0.419. The van der Waals surface area contributed by atoms with Crippen LogP contribution < -0.4 is 16.4 Å². The Labute approximate surface area is 98.0 Å². The summed E-state index contributed by atoms with van der Waals surface area (Å²) in [7, 11) is 0. The Hall–Kier alpha value is -1.40. The summed E-state index contributed by atoms with van der Waals surface area (Å²) in [6.07, 6.45) is 0. The van der Waals surface area contributed by atoms with E-state index in [1.54, 1.807) is 11.3 Å². The molecule has 0 aliphatic carbocycles. The van der Waals surface area contributed by atoms with Gasteiger partial charge in [0.05, 0.1) is 6.54 Å². The van der Waals surface area contributed by atoms with Gasteiger partial charge in [-0.1, -0.05) is 0 Å². The Bertz CT molecular complexity index is 381. The lowest BCUT2D eigenvalue weighted by Gasteiger charge is -2.02. The number of urea groups is 1. The van der Waals surface area contributed by atoms with Crippen molar-refractivity contribution in [3.05, 3.63) is 21.4 Å². The van der Waals surface area contributed by atoms with Crippen LogP contribution in [-0.2, 0) is 11.3 Å². The van der Waals surface area contributed by atoms with E-state index in [2.05, 4.69) is 25.2 Å². The Kier molecular flexibility index (Phi) is 4.45. The van der Waals surface area contributed by atoms with Crippen molar-refractivity contribution in [3.63, 3.8) is 0 Å². The fourth-order valence-corrected chi connectivity index (χ4v) is 2.24. The first kappa shape index (κ1) is 12.7.